The van der Waals surface area contributed by atoms with Crippen LogP contribution >= 0.6 is 0 Å². The standard InChI is InChI=1S/C34H47N3O18/c1-12-7-22(44)50-18-8-16(5-6-17(12)18)37(15(4)43)25-29(48)31(20(10-39)51-32(25)49)55-34-24(36-14(3)42)28(47)30(21(11-40)53-34)54-33-23(35-13(2)41)27(46)26(45)19(9-38)52-33/h5-8,19-21,23-34,38-40,45-49H,9-11H2,1-4H3,(H,35,41)(H,36,42)/t19-,20-,21-,23-,24-,25-,26-,27-,28-,29-,30-,31-,32?,33+,34+/m1/s1. The normalized spacial score (nSPS) is 36.6. The second kappa shape index (κ2) is 17.6. The zero-order valence-corrected chi connectivity index (χ0v) is 30.2. The van der Waals surface area contributed by atoms with Gasteiger partial charge >= 0.3 is 5.63 Å². The Bertz CT molecular complexity index is 1740. The number of ether oxygens (including phenoxy) is 5. The maximum atomic E-state index is 13.2. The van der Waals surface area contributed by atoms with Crippen molar-refractivity contribution in [1.82, 2.24) is 10.6 Å². The maximum Gasteiger partial charge on any atom is 0.336 e. The Morgan fingerprint density at radius 1 is 0.727 bits per heavy atom. The number of nitrogens with one attached hydrogen (secondary N) is 2. The molecule has 3 saturated heterocycles. The molecule has 3 aliphatic rings. The van der Waals surface area contributed by atoms with E-state index in [1.165, 1.54) is 18.2 Å². The number of hydrogen-bond donors (Lipinski definition) is 10. The molecule has 1 unspecified atom stereocenters. The predicted molar refractivity (Wildman–Crippen MR) is 183 cm³/mol. The number of hydrogen-bond acceptors (Lipinski definition) is 18. The van der Waals surface area contributed by atoms with E-state index in [-0.39, 0.29) is 11.3 Å². The molecule has 3 aliphatic heterocycles. The first-order valence-corrected chi connectivity index (χ1v) is 17.4. The molecule has 2 aromatic rings. The van der Waals surface area contributed by atoms with Gasteiger partial charge < -0.3 is 84.5 Å². The highest BCUT2D eigenvalue weighted by atomic mass is 16.7. The Labute approximate surface area is 312 Å². The molecule has 3 amide bonds. The maximum absolute atomic E-state index is 13.2. The molecule has 0 aliphatic carbocycles. The number of rotatable bonds is 11. The SMILES string of the molecule is CC(=O)N[C@H]1[C@H](O[C@H]2[C@H](O)[C@@H](N(C(C)=O)c3ccc4c(C)cc(=O)oc4c3)C(O)O[C@@H]2CO)O[C@H](CO)[C@@H](O[C@@H]2O[C@H](CO)[C@@H](O)[C@H](O)[C@H]2NC(C)=O)[C@@H]1O. The molecule has 55 heavy (non-hydrogen) atoms. The smallest absolute Gasteiger partial charge is 0.336 e. The largest absolute Gasteiger partial charge is 0.423 e. The lowest BCUT2D eigenvalue weighted by Crippen LogP contribution is -2.71. The second-order valence-electron chi connectivity index (χ2n) is 13.6. The number of aliphatic hydroxyl groups excluding tert-OH is 8. The summed E-state index contributed by atoms with van der Waals surface area (Å²) in [6.45, 7) is 2.51. The fourth-order valence-electron chi connectivity index (χ4n) is 7.18. The minimum Gasteiger partial charge on any atom is -0.423 e. The molecule has 10 N–H and O–H groups in total. The van der Waals surface area contributed by atoms with Crippen molar-refractivity contribution in [1.29, 1.82) is 0 Å². The number of aliphatic hydroxyl groups is 8. The zero-order chi connectivity index (χ0) is 40.5. The van der Waals surface area contributed by atoms with Crippen LogP contribution in [-0.4, -0.2) is 170 Å². The molecule has 15 atom stereocenters. The van der Waals surface area contributed by atoms with Crippen molar-refractivity contribution < 1.29 is 83.3 Å². The van der Waals surface area contributed by atoms with Crippen molar-refractivity contribution in [2.75, 3.05) is 24.7 Å². The molecule has 3 fully saturated rings. The average Bonchev–Trinajstić information content (AvgIpc) is 3.12. The van der Waals surface area contributed by atoms with Crippen LogP contribution in [-0.2, 0) is 38.1 Å². The highest BCUT2D eigenvalue weighted by Gasteiger charge is 2.55. The lowest BCUT2D eigenvalue weighted by atomic mass is 9.93. The Balaban J connectivity index is 1.45. The van der Waals surface area contributed by atoms with Gasteiger partial charge in [0.15, 0.2) is 18.9 Å². The van der Waals surface area contributed by atoms with Gasteiger partial charge in [0.05, 0.1) is 19.8 Å². The number of aryl methyl sites for hydroxylation is 1. The van der Waals surface area contributed by atoms with Crippen LogP contribution in [0.4, 0.5) is 5.69 Å². The first kappa shape index (κ1) is 42.5. The summed E-state index contributed by atoms with van der Waals surface area (Å²) in [5.74, 6) is -2.09. The van der Waals surface area contributed by atoms with E-state index in [2.05, 4.69) is 10.6 Å². The van der Waals surface area contributed by atoms with Crippen molar-refractivity contribution >= 4 is 34.4 Å². The Hall–Kier alpha value is -3.68. The highest BCUT2D eigenvalue weighted by molar-refractivity contribution is 5.95. The molecule has 21 heteroatoms. The molecular formula is C34H47N3O18. The Morgan fingerprint density at radius 3 is 1.80 bits per heavy atom. The van der Waals surface area contributed by atoms with E-state index >= 15 is 0 Å². The van der Waals surface area contributed by atoms with Gasteiger partial charge in [-0.05, 0) is 24.6 Å². The van der Waals surface area contributed by atoms with E-state index in [1.807, 2.05) is 0 Å². The molecule has 4 heterocycles. The van der Waals surface area contributed by atoms with Gasteiger partial charge in [-0.2, -0.15) is 0 Å². The summed E-state index contributed by atoms with van der Waals surface area (Å²) in [4.78, 5) is 50.6. The fourth-order valence-corrected chi connectivity index (χ4v) is 7.18. The van der Waals surface area contributed by atoms with Crippen LogP contribution in [0.5, 0.6) is 0 Å². The highest BCUT2D eigenvalue weighted by Crippen LogP contribution is 2.35. The van der Waals surface area contributed by atoms with Gasteiger partial charge in [-0.1, -0.05) is 0 Å². The summed E-state index contributed by atoms with van der Waals surface area (Å²) in [6.07, 6.45) is -20.2. The van der Waals surface area contributed by atoms with Crippen LogP contribution in [0.2, 0.25) is 0 Å². The number of benzene rings is 1. The van der Waals surface area contributed by atoms with E-state index in [4.69, 9.17) is 28.1 Å². The first-order chi connectivity index (χ1) is 26.0. The molecule has 5 rings (SSSR count). The van der Waals surface area contributed by atoms with Crippen LogP contribution in [0, 0.1) is 6.92 Å². The van der Waals surface area contributed by atoms with Crippen LogP contribution < -0.4 is 21.2 Å². The van der Waals surface area contributed by atoms with Crippen molar-refractivity contribution in [2.45, 2.75) is 120 Å². The van der Waals surface area contributed by atoms with Gasteiger partial charge in [0, 0.05) is 44.0 Å². The van der Waals surface area contributed by atoms with Gasteiger partial charge in [-0.25, -0.2) is 4.79 Å². The minimum absolute atomic E-state index is 0.0750. The summed E-state index contributed by atoms with van der Waals surface area (Å²) < 4.78 is 34.5. The number of carbonyl (C=O) groups excluding carboxylic acids is 3. The summed E-state index contributed by atoms with van der Waals surface area (Å²) in [5, 5.41) is 91.4. The Morgan fingerprint density at radius 2 is 1.25 bits per heavy atom. The molecule has 306 valence electrons. The summed E-state index contributed by atoms with van der Waals surface area (Å²) in [7, 11) is 0. The number of anilines is 1. The van der Waals surface area contributed by atoms with E-state index in [9.17, 15) is 60.0 Å². The van der Waals surface area contributed by atoms with Gasteiger partial charge in [0.25, 0.3) is 0 Å². The van der Waals surface area contributed by atoms with Crippen molar-refractivity contribution in [2.24, 2.45) is 0 Å². The summed E-state index contributed by atoms with van der Waals surface area (Å²) in [6, 6.07) is 1.03. The van der Waals surface area contributed by atoms with Crippen LogP contribution in [0.3, 0.4) is 0 Å². The average molecular weight is 786 g/mol. The quantitative estimate of drug-likeness (QED) is 0.0956. The summed E-state index contributed by atoms with van der Waals surface area (Å²) >= 11 is 0. The third-order valence-corrected chi connectivity index (χ3v) is 9.75. The third kappa shape index (κ3) is 8.83. The second-order valence-corrected chi connectivity index (χ2v) is 13.6. The van der Waals surface area contributed by atoms with E-state index in [0.29, 0.717) is 10.9 Å². The first-order valence-electron chi connectivity index (χ1n) is 17.4. The van der Waals surface area contributed by atoms with Crippen LogP contribution in [0.25, 0.3) is 11.0 Å². The molecule has 0 radical (unpaired) electrons. The van der Waals surface area contributed by atoms with Crippen molar-refractivity contribution in [3.63, 3.8) is 0 Å². The summed E-state index contributed by atoms with van der Waals surface area (Å²) in [5.41, 5.74) is 0.114. The lowest BCUT2D eigenvalue weighted by molar-refractivity contribution is -0.350. The van der Waals surface area contributed by atoms with Crippen LogP contribution in [0.15, 0.2) is 33.5 Å². The van der Waals surface area contributed by atoms with Gasteiger partial charge in [-0.15, -0.1) is 0 Å². The molecule has 1 aromatic carbocycles. The molecule has 21 nitrogen and oxygen atoms in total. The number of fused-ring (bicyclic) bond motifs is 1. The number of carbonyl (C=O) groups is 3. The van der Waals surface area contributed by atoms with Gasteiger partial charge in [-0.3, -0.25) is 14.4 Å². The third-order valence-electron chi connectivity index (χ3n) is 9.75. The number of amides is 3. The monoisotopic (exact) mass is 785 g/mol. The van der Waals surface area contributed by atoms with Gasteiger partial charge in [0.1, 0.15) is 78.6 Å². The molecule has 1 aromatic heterocycles. The van der Waals surface area contributed by atoms with Crippen molar-refractivity contribution in [3.8, 4) is 0 Å². The van der Waals surface area contributed by atoms with Gasteiger partial charge in [0.2, 0.25) is 17.7 Å². The fraction of sp³-hybridized carbons (Fsp3) is 0.647. The lowest BCUT2D eigenvalue weighted by Gasteiger charge is -2.50. The molecule has 0 bridgehead atoms. The number of nitrogens with zero attached hydrogens (tertiary/aromatic N) is 1. The predicted octanol–water partition coefficient (Wildman–Crippen LogP) is -4.81. The van der Waals surface area contributed by atoms with E-state index < -0.39 is 135 Å². The zero-order valence-electron chi connectivity index (χ0n) is 30.2. The van der Waals surface area contributed by atoms with Crippen molar-refractivity contribution in [3.05, 3.63) is 40.2 Å². The van der Waals surface area contributed by atoms with E-state index in [0.717, 1.165) is 25.7 Å². The van der Waals surface area contributed by atoms with Crippen LogP contribution in [0.1, 0.15) is 26.3 Å². The molecular weight excluding hydrogens is 738 g/mol. The molecule has 0 saturated carbocycles. The molecule has 0 spiro atoms. The minimum atomic E-state index is -1.92. The topological polar surface area (TPSA) is 317 Å². The Kier molecular flexibility index (Phi) is 13.6. The van der Waals surface area contributed by atoms with E-state index in [1.54, 1.807) is 13.0 Å².